The van der Waals surface area contributed by atoms with Crippen LogP contribution in [0.15, 0.2) is 140 Å². The number of aryl methyl sites for hydroxylation is 1. The molecule has 5 rings (SSSR count). The summed E-state index contributed by atoms with van der Waals surface area (Å²) in [5.74, 6) is 0. The Balaban J connectivity index is 0.000000255. The Morgan fingerprint density at radius 3 is 1.96 bits per heavy atom. The molecule has 48 heavy (non-hydrogen) atoms. The second kappa shape index (κ2) is 26.3. The fourth-order valence-electron chi connectivity index (χ4n) is 5.35. The van der Waals surface area contributed by atoms with E-state index in [0.29, 0.717) is 0 Å². The Hall–Kier alpha value is -2.57. The van der Waals surface area contributed by atoms with E-state index in [-0.39, 0.29) is 5.12 Å². The summed E-state index contributed by atoms with van der Waals surface area (Å²) >= 11 is 5.77. The van der Waals surface area contributed by atoms with Crippen molar-refractivity contribution in [2.24, 2.45) is 0 Å². The molecule has 0 radical (unpaired) electrons. The molecule has 1 fully saturated rings. The highest BCUT2D eigenvalue weighted by atomic mass is 35.5. The van der Waals surface area contributed by atoms with Gasteiger partial charge in [0, 0.05) is 19.1 Å². The van der Waals surface area contributed by atoms with Crippen LogP contribution in [0.2, 0.25) is 0 Å². The molecule has 4 aromatic rings. The summed E-state index contributed by atoms with van der Waals surface area (Å²) in [5, 5.41) is 6.07. The molecule has 0 saturated heterocycles. The number of nitrogens with one attached hydrogen (secondary N) is 1. The zero-order chi connectivity index (χ0) is 34.8. The highest BCUT2D eigenvalue weighted by molar-refractivity contribution is 7.55. The number of hydrogen-bond acceptors (Lipinski definition) is 2. The van der Waals surface area contributed by atoms with Crippen LogP contribution in [0.4, 0.5) is 0 Å². The van der Waals surface area contributed by atoms with Crippen molar-refractivity contribution in [3.8, 4) is 0 Å². The first-order valence-electron chi connectivity index (χ1n) is 17.3. The summed E-state index contributed by atoms with van der Waals surface area (Å²) in [4.78, 5) is 2.58. The first-order valence-corrected chi connectivity index (χ1v) is 19.4. The third-order valence-electron chi connectivity index (χ3n) is 8.07. The maximum atomic E-state index is 5.77. The number of alkyl halides is 1. The minimum Gasteiger partial charge on any atom is -0.316 e. The average molecular weight is 701 g/mol. The van der Waals surface area contributed by atoms with Crippen molar-refractivity contribution in [2.75, 3.05) is 20.6 Å². The molecule has 0 heterocycles. The number of halogens is 1. The molecule has 0 spiro atoms. The Morgan fingerprint density at radius 2 is 1.44 bits per heavy atom. The van der Waals surface area contributed by atoms with Gasteiger partial charge in [0.25, 0.3) is 0 Å². The Bertz CT molecular complexity index is 1390. The van der Waals surface area contributed by atoms with E-state index in [9.17, 15) is 0 Å². The summed E-state index contributed by atoms with van der Waals surface area (Å²) in [6, 6.07) is 40.8. The smallest absolute Gasteiger partial charge is 0.0723 e. The van der Waals surface area contributed by atoms with Crippen LogP contribution < -0.4 is 15.9 Å². The van der Waals surface area contributed by atoms with Gasteiger partial charge in [0.15, 0.2) is 0 Å². The number of nitrogens with zero attached hydrogens (tertiary/aromatic N) is 1. The molecule has 0 aromatic heterocycles. The van der Waals surface area contributed by atoms with E-state index < -0.39 is 0 Å². The number of allylic oxidation sites excluding steroid dienone is 2. The molecule has 2 nitrogen and oxygen atoms in total. The molecule has 0 aliphatic heterocycles. The fraction of sp³-hybridized carbons (Fsp3) is 0.349. The zero-order valence-corrected chi connectivity index (χ0v) is 32.7. The monoisotopic (exact) mass is 700 g/mol. The zero-order valence-electron chi connectivity index (χ0n) is 29.8. The average Bonchev–Trinajstić information content (AvgIpc) is 3.12. The van der Waals surface area contributed by atoms with Gasteiger partial charge in [0.05, 0.1) is 5.12 Å². The molecule has 0 bridgehead atoms. The standard InChI is InChI=1S/C20H26NP.C9H17N.C7H8ClP.C7H8/c1-21(18-11-4-2-5-12-18)16-17-10-8-9-15-20(17)22-19-13-6-3-7-14-19;1-4-5-6-7-9(2)8-10-3;8-7(9)6-4-2-1-3-5-6;1-7-5-3-2-4-6-7/h3,6-10,13-15,18,22H,2,4-5,11-12,16H2,1H3;4,7,10H,1,5-6,8H2,2-3H3;1-5,7H,9H2;2-6H,1H3/b;9-7-;;/t;;7-;/m..1./s1. The van der Waals surface area contributed by atoms with Crippen molar-refractivity contribution < 1.29 is 0 Å². The van der Waals surface area contributed by atoms with Crippen LogP contribution in [0.25, 0.3) is 0 Å². The molecule has 1 aliphatic rings. The van der Waals surface area contributed by atoms with Gasteiger partial charge in [-0.25, -0.2) is 0 Å². The van der Waals surface area contributed by atoms with Gasteiger partial charge in [-0.15, -0.1) is 27.4 Å². The van der Waals surface area contributed by atoms with Gasteiger partial charge in [-0.05, 0) is 75.4 Å². The van der Waals surface area contributed by atoms with Crippen LogP contribution in [-0.2, 0) is 6.54 Å². The number of rotatable bonds is 11. The molecule has 4 aromatic carbocycles. The van der Waals surface area contributed by atoms with E-state index in [1.165, 1.54) is 59.4 Å². The summed E-state index contributed by atoms with van der Waals surface area (Å²) in [6.45, 7) is 9.96. The van der Waals surface area contributed by atoms with Crippen molar-refractivity contribution in [2.45, 2.75) is 76.5 Å². The Morgan fingerprint density at radius 1 is 0.875 bits per heavy atom. The number of benzene rings is 4. The van der Waals surface area contributed by atoms with Crippen LogP contribution in [-0.4, -0.2) is 31.6 Å². The van der Waals surface area contributed by atoms with E-state index in [2.05, 4.69) is 120 Å². The summed E-state index contributed by atoms with van der Waals surface area (Å²) in [7, 11) is 7.56. The quantitative estimate of drug-likeness (QED) is 0.0725. The van der Waals surface area contributed by atoms with Gasteiger partial charge >= 0.3 is 0 Å². The van der Waals surface area contributed by atoms with Gasteiger partial charge in [-0.2, -0.15) is 0 Å². The lowest BCUT2D eigenvalue weighted by Crippen LogP contribution is -2.34. The molecule has 3 atom stereocenters. The van der Waals surface area contributed by atoms with Crippen molar-refractivity contribution >= 4 is 40.0 Å². The molecule has 258 valence electrons. The second-order valence-electron chi connectivity index (χ2n) is 12.3. The SMILES string of the molecule is C=CCC/C=C(/C)CNC.CN(Cc1ccccc1Pc1ccccc1)C1CCCCC1.Cc1ccccc1.P[C@@H](Cl)c1ccccc1. The topological polar surface area (TPSA) is 15.3 Å². The lowest BCUT2D eigenvalue weighted by Gasteiger charge is -2.31. The molecule has 2 unspecified atom stereocenters. The Labute approximate surface area is 302 Å². The highest BCUT2D eigenvalue weighted by Gasteiger charge is 2.18. The van der Waals surface area contributed by atoms with Gasteiger partial charge in [0.1, 0.15) is 0 Å². The lowest BCUT2D eigenvalue weighted by molar-refractivity contribution is 0.185. The molecule has 1 aliphatic carbocycles. The number of hydrogen-bond donors (Lipinski definition) is 1. The van der Waals surface area contributed by atoms with Crippen LogP contribution in [0, 0.1) is 6.92 Å². The molecule has 0 amide bonds. The maximum Gasteiger partial charge on any atom is 0.0723 e. The van der Waals surface area contributed by atoms with Gasteiger partial charge in [0.2, 0.25) is 0 Å². The summed E-state index contributed by atoms with van der Waals surface area (Å²) in [5.41, 5.74) is 5.37. The third kappa shape index (κ3) is 18.8. The maximum absolute atomic E-state index is 5.77. The van der Waals surface area contributed by atoms with Crippen molar-refractivity contribution in [1.29, 1.82) is 0 Å². The van der Waals surface area contributed by atoms with Crippen molar-refractivity contribution in [1.82, 2.24) is 10.2 Å². The van der Waals surface area contributed by atoms with E-state index in [1.54, 1.807) is 0 Å². The first kappa shape index (κ1) is 41.6. The molecule has 1 saturated carbocycles. The molecule has 1 N–H and O–H groups in total. The van der Waals surface area contributed by atoms with Crippen LogP contribution in [0.3, 0.4) is 0 Å². The lowest BCUT2D eigenvalue weighted by atomic mass is 9.94. The minimum atomic E-state index is 0.0474. The minimum absolute atomic E-state index is 0.0474. The third-order valence-corrected chi connectivity index (χ3v) is 10.1. The molecular formula is C43H59ClN2P2. The van der Waals surface area contributed by atoms with Gasteiger partial charge in [-0.1, -0.05) is 166 Å². The predicted octanol–water partition coefficient (Wildman–Crippen LogP) is 11.0. The van der Waals surface area contributed by atoms with E-state index >= 15 is 0 Å². The van der Waals surface area contributed by atoms with E-state index in [4.69, 9.17) is 11.6 Å². The number of likely N-dealkylation sites (N-methyl/N-ethyl adjacent to an activating group) is 1. The normalized spacial score (nSPS) is 13.8. The van der Waals surface area contributed by atoms with E-state index in [0.717, 1.165) is 46.1 Å². The van der Waals surface area contributed by atoms with Crippen LogP contribution in [0.1, 0.15) is 73.7 Å². The first-order chi connectivity index (χ1) is 23.3. The largest absolute Gasteiger partial charge is 0.316 e. The van der Waals surface area contributed by atoms with Crippen molar-refractivity contribution in [3.05, 3.63) is 156 Å². The van der Waals surface area contributed by atoms with Crippen LogP contribution in [0.5, 0.6) is 0 Å². The van der Waals surface area contributed by atoms with Crippen molar-refractivity contribution in [3.63, 3.8) is 0 Å². The summed E-state index contributed by atoms with van der Waals surface area (Å²) < 4.78 is 0. The van der Waals surface area contributed by atoms with Gasteiger partial charge < -0.3 is 5.32 Å². The predicted molar refractivity (Wildman–Crippen MR) is 222 cm³/mol. The fourth-order valence-corrected chi connectivity index (χ4v) is 6.89. The molecule has 5 heteroatoms. The second-order valence-corrected chi connectivity index (χ2v) is 15.2. The Kier molecular flexibility index (Phi) is 22.8. The summed E-state index contributed by atoms with van der Waals surface area (Å²) in [6.07, 6.45) is 13.4. The van der Waals surface area contributed by atoms with Crippen LogP contribution >= 0.6 is 29.4 Å². The van der Waals surface area contributed by atoms with E-state index in [1.807, 2.05) is 61.7 Å². The van der Waals surface area contributed by atoms with Gasteiger partial charge in [-0.3, -0.25) is 4.90 Å². The molecular weight excluding hydrogens is 642 g/mol. The highest BCUT2D eigenvalue weighted by Crippen LogP contribution is 2.26. The number of unbranched alkanes of at least 4 members (excludes halogenated alkanes) is 1.